The number of para-hydroxylation sites is 1. The molecule has 1 unspecified atom stereocenters. The Hall–Kier alpha value is -2.73. The fourth-order valence-electron chi connectivity index (χ4n) is 4.39. The van der Waals surface area contributed by atoms with Crippen molar-refractivity contribution in [2.45, 2.75) is 51.4 Å². The Morgan fingerprint density at radius 2 is 2.03 bits per heavy atom. The standard InChI is InChI=1S/C23H28N2O4/c1-14-7-6-8-16-19(14)25-20-23(16,11-12-28-20)17-13-15(9-10-18(17)27-5)24-21(26)29-22(2,3)4/h6-10,13,20,25H,11-12H2,1-5H3,(H,24,26)/t20?,23-/m1/s1. The van der Waals surface area contributed by atoms with E-state index in [0.717, 1.165) is 23.4 Å². The van der Waals surface area contributed by atoms with Crippen LogP contribution in [0.5, 0.6) is 5.75 Å². The first-order chi connectivity index (χ1) is 13.7. The fraction of sp³-hybridized carbons (Fsp3) is 0.435. The number of ether oxygens (including phenoxy) is 3. The van der Waals surface area contributed by atoms with Gasteiger partial charge in [-0.1, -0.05) is 18.2 Å². The summed E-state index contributed by atoms with van der Waals surface area (Å²) < 4.78 is 17.2. The van der Waals surface area contributed by atoms with E-state index < -0.39 is 11.7 Å². The van der Waals surface area contributed by atoms with Crippen LogP contribution < -0.4 is 15.4 Å². The van der Waals surface area contributed by atoms with Crippen LogP contribution in [-0.2, 0) is 14.9 Å². The maximum absolute atomic E-state index is 12.3. The van der Waals surface area contributed by atoms with Crippen LogP contribution in [0.3, 0.4) is 0 Å². The predicted molar refractivity (Wildman–Crippen MR) is 113 cm³/mol. The van der Waals surface area contributed by atoms with Crippen LogP contribution >= 0.6 is 0 Å². The Morgan fingerprint density at radius 1 is 1.24 bits per heavy atom. The summed E-state index contributed by atoms with van der Waals surface area (Å²) in [6.45, 7) is 8.27. The molecular weight excluding hydrogens is 368 g/mol. The second kappa shape index (κ2) is 6.95. The maximum Gasteiger partial charge on any atom is 0.412 e. The average molecular weight is 396 g/mol. The van der Waals surface area contributed by atoms with Gasteiger partial charge in [0.1, 0.15) is 17.6 Å². The summed E-state index contributed by atoms with van der Waals surface area (Å²) in [5, 5.41) is 6.40. The fourth-order valence-corrected chi connectivity index (χ4v) is 4.39. The molecule has 0 saturated carbocycles. The van der Waals surface area contributed by atoms with Gasteiger partial charge in [0, 0.05) is 16.9 Å². The molecule has 0 aliphatic carbocycles. The molecule has 0 radical (unpaired) electrons. The van der Waals surface area contributed by atoms with Gasteiger partial charge in [-0.2, -0.15) is 0 Å². The molecule has 2 aromatic rings. The minimum Gasteiger partial charge on any atom is -0.496 e. The number of fused-ring (bicyclic) bond motifs is 3. The molecule has 6 heteroatoms. The van der Waals surface area contributed by atoms with Gasteiger partial charge in [-0.25, -0.2) is 4.79 Å². The summed E-state index contributed by atoms with van der Waals surface area (Å²) in [6.07, 6.45) is 0.170. The molecule has 2 aliphatic heterocycles. The Labute approximate surface area is 171 Å². The first-order valence-corrected chi connectivity index (χ1v) is 9.91. The molecule has 2 atom stereocenters. The van der Waals surface area contributed by atoms with Crippen molar-refractivity contribution in [1.82, 2.24) is 0 Å². The van der Waals surface area contributed by atoms with E-state index in [0.29, 0.717) is 12.3 Å². The normalized spacial score (nSPS) is 22.4. The van der Waals surface area contributed by atoms with E-state index in [9.17, 15) is 4.79 Å². The maximum atomic E-state index is 12.3. The lowest BCUT2D eigenvalue weighted by atomic mass is 9.73. The van der Waals surface area contributed by atoms with Crippen LogP contribution in [0.15, 0.2) is 36.4 Å². The number of benzene rings is 2. The van der Waals surface area contributed by atoms with Gasteiger partial charge in [0.15, 0.2) is 0 Å². The number of nitrogens with one attached hydrogen (secondary N) is 2. The molecule has 4 rings (SSSR count). The third-order valence-electron chi connectivity index (χ3n) is 5.58. The number of rotatable bonds is 3. The zero-order valence-electron chi connectivity index (χ0n) is 17.6. The van der Waals surface area contributed by atoms with Crippen molar-refractivity contribution in [3.05, 3.63) is 53.1 Å². The Balaban J connectivity index is 1.78. The van der Waals surface area contributed by atoms with Crippen molar-refractivity contribution in [2.24, 2.45) is 0 Å². The number of amides is 1. The minimum absolute atomic E-state index is 0.177. The third-order valence-corrected chi connectivity index (χ3v) is 5.58. The number of carbonyl (C=O) groups is 1. The summed E-state index contributed by atoms with van der Waals surface area (Å²) in [7, 11) is 1.67. The lowest BCUT2D eigenvalue weighted by Gasteiger charge is -2.31. The van der Waals surface area contributed by atoms with Gasteiger partial charge >= 0.3 is 6.09 Å². The van der Waals surface area contributed by atoms with E-state index in [1.165, 1.54) is 11.1 Å². The van der Waals surface area contributed by atoms with Crippen LogP contribution in [0.2, 0.25) is 0 Å². The molecule has 0 aromatic heterocycles. The number of methoxy groups -OCH3 is 1. The second-order valence-electron chi connectivity index (χ2n) is 8.66. The SMILES string of the molecule is COc1ccc(NC(=O)OC(C)(C)C)cc1[C@]12CCOC1Nc1c(C)cccc12. The molecule has 1 fully saturated rings. The largest absolute Gasteiger partial charge is 0.496 e. The second-order valence-corrected chi connectivity index (χ2v) is 8.66. The van der Waals surface area contributed by atoms with Crippen molar-refractivity contribution in [2.75, 3.05) is 24.4 Å². The van der Waals surface area contributed by atoms with Crippen LogP contribution in [-0.4, -0.2) is 31.6 Å². The quantitative estimate of drug-likeness (QED) is 0.779. The molecule has 2 heterocycles. The highest BCUT2D eigenvalue weighted by atomic mass is 16.6. The van der Waals surface area contributed by atoms with Gasteiger partial charge in [0.25, 0.3) is 0 Å². The number of anilines is 2. The minimum atomic E-state index is -0.561. The molecule has 6 nitrogen and oxygen atoms in total. The third kappa shape index (κ3) is 3.31. The first-order valence-electron chi connectivity index (χ1n) is 9.91. The molecule has 2 aliphatic rings. The molecule has 2 aromatic carbocycles. The number of hydrogen-bond acceptors (Lipinski definition) is 5. The predicted octanol–water partition coefficient (Wildman–Crippen LogP) is 4.81. The summed E-state index contributed by atoms with van der Waals surface area (Å²) in [5.41, 5.74) is 4.22. The summed E-state index contributed by atoms with van der Waals surface area (Å²) >= 11 is 0. The van der Waals surface area contributed by atoms with E-state index >= 15 is 0 Å². The van der Waals surface area contributed by atoms with Crippen LogP contribution in [0, 0.1) is 6.92 Å². The Morgan fingerprint density at radius 3 is 2.76 bits per heavy atom. The van der Waals surface area contributed by atoms with E-state index in [-0.39, 0.29) is 11.6 Å². The Kier molecular flexibility index (Phi) is 4.69. The summed E-state index contributed by atoms with van der Waals surface area (Å²) in [6, 6.07) is 12.0. The zero-order valence-corrected chi connectivity index (χ0v) is 17.6. The van der Waals surface area contributed by atoms with Crippen molar-refractivity contribution >= 4 is 17.5 Å². The molecule has 1 amide bonds. The van der Waals surface area contributed by atoms with Crippen molar-refractivity contribution in [3.8, 4) is 5.75 Å². The van der Waals surface area contributed by atoms with Crippen LogP contribution in [0.25, 0.3) is 0 Å². The molecule has 2 N–H and O–H groups in total. The van der Waals surface area contributed by atoms with Crippen molar-refractivity contribution in [3.63, 3.8) is 0 Å². The summed E-state index contributed by atoms with van der Waals surface area (Å²) in [4.78, 5) is 12.3. The highest BCUT2D eigenvalue weighted by Gasteiger charge is 2.54. The number of hydrogen-bond donors (Lipinski definition) is 2. The molecule has 154 valence electrons. The van der Waals surface area contributed by atoms with Crippen LogP contribution in [0.4, 0.5) is 16.2 Å². The molecule has 29 heavy (non-hydrogen) atoms. The molecular formula is C23H28N2O4. The molecule has 0 bridgehead atoms. The van der Waals surface area contributed by atoms with E-state index in [4.69, 9.17) is 14.2 Å². The lowest BCUT2D eigenvalue weighted by molar-refractivity contribution is 0.0636. The van der Waals surface area contributed by atoms with Gasteiger partial charge in [0.2, 0.25) is 0 Å². The van der Waals surface area contributed by atoms with Gasteiger partial charge in [-0.05, 0) is 63.4 Å². The van der Waals surface area contributed by atoms with Gasteiger partial charge in [-0.3, -0.25) is 5.32 Å². The monoisotopic (exact) mass is 396 g/mol. The highest BCUT2D eigenvalue weighted by Crippen LogP contribution is 2.55. The van der Waals surface area contributed by atoms with Crippen molar-refractivity contribution < 1.29 is 19.0 Å². The van der Waals surface area contributed by atoms with Crippen molar-refractivity contribution in [1.29, 1.82) is 0 Å². The smallest absolute Gasteiger partial charge is 0.412 e. The number of aryl methyl sites for hydroxylation is 1. The molecule has 0 spiro atoms. The van der Waals surface area contributed by atoms with E-state index in [1.54, 1.807) is 7.11 Å². The van der Waals surface area contributed by atoms with Gasteiger partial charge < -0.3 is 19.5 Å². The first kappa shape index (κ1) is 19.6. The number of carbonyl (C=O) groups excluding carboxylic acids is 1. The van der Waals surface area contributed by atoms with E-state index in [2.05, 4.69) is 35.8 Å². The molecule has 1 saturated heterocycles. The summed E-state index contributed by atoms with van der Waals surface area (Å²) in [5.74, 6) is 0.770. The zero-order chi connectivity index (χ0) is 20.8. The average Bonchev–Trinajstić information content (AvgIpc) is 3.18. The Bertz CT molecular complexity index is 950. The lowest BCUT2D eigenvalue weighted by Crippen LogP contribution is -2.36. The van der Waals surface area contributed by atoms with Crippen LogP contribution in [0.1, 0.15) is 43.9 Å². The topological polar surface area (TPSA) is 68.8 Å². The highest BCUT2D eigenvalue weighted by molar-refractivity contribution is 5.85. The van der Waals surface area contributed by atoms with Gasteiger partial charge in [0.05, 0.1) is 19.1 Å². The van der Waals surface area contributed by atoms with Gasteiger partial charge in [-0.15, -0.1) is 0 Å². The van der Waals surface area contributed by atoms with E-state index in [1.807, 2.05) is 39.0 Å².